The number of hydrogen-bond acceptors (Lipinski definition) is 2. The molecule has 32 heavy (non-hydrogen) atoms. The molecule has 1 aliphatic heterocycles. The third-order valence-electron chi connectivity index (χ3n) is 7.24. The van der Waals surface area contributed by atoms with Gasteiger partial charge in [-0.3, -0.25) is 9.69 Å². The monoisotopic (exact) mass is 431 g/mol. The highest BCUT2D eigenvalue weighted by atomic mass is 16.2. The van der Waals surface area contributed by atoms with Gasteiger partial charge in [-0.1, -0.05) is 58.0 Å². The van der Waals surface area contributed by atoms with Crippen molar-refractivity contribution >= 4 is 22.5 Å². The van der Waals surface area contributed by atoms with E-state index in [1.807, 2.05) is 6.92 Å². The van der Waals surface area contributed by atoms with Gasteiger partial charge in [-0.2, -0.15) is 0 Å². The highest BCUT2D eigenvalue weighted by molar-refractivity contribution is 5.96. The van der Waals surface area contributed by atoms with Crippen LogP contribution in [0.5, 0.6) is 0 Å². The lowest BCUT2D eigenvalue weighted by Gasteiger charge is -2.38. The number of nitrogens with one attached hydrogen (secondary N) is 1. The second-order valence-corrected chi connectivity index (χ2v) is 9.80. The summed E-state index contributed by atoms with van der Waals surface area (Å²) in [6.07, 6.45) is 3.63. The maximum Gasteiger partial charge on any atom is 0.226 e. The summed E-state index contributed by atoms with van der Waals surface area (Å²) in [6.45, 7) is 11.8. The number of benzene rings is 2. The van der Waals surface area contributed by atoms with Crippen molar-refractivity contribution in [1.82, 2.24) is 9.88 Å². The summed E-state index contributed by atoms with van der Waals surface area (Å²) in [6, 6.07) is 19.6. The number of aromatic amines is 1. The van der Waals surface area contributed by atoms with E-state index in [4.69, 9.17) is 0 Å². The molecule has 4 heteroatoms. The molecule has 0 radical (unpaired) electrons. The minimum absolute atomic E-state index is 0.115. The molecule has 0 aliphatic carbocycles. The standard InChI is InChI=1S/C28H37N3O/c1-5-27(32)31(23-14-16-30(17-15-23)20-21-10-8-7-9-11-21)24-12-13-25-22(18-24)19-26(29-25)28(3,4)6-2/h7-13,18-19,23,29H,5-6,14-17,20H2,1-4H3. The average Bonchev–Trinajstić information content (AvgIpc) is 3.25. The summed E-state index contributed by atoms with van der Waals surface area (Å²) in [5.41, 5.74) is 4.91. The lowest BCUT2D eigenvalue weighted by molar-refractivity contribution is -0.119. The van der Waals surface area contributed by atoms with Crippen LogP contribution in [0.25, 0.3) is 10.9 Å². The third-order valence-corrected chi connectivity index (χ3v) is 7.24. The molecule has 0 spiro atoms. The molecule has 1 aromatic heterocycles. The number of piperidine rings is 1. The van der Waals surface area contributed by atoms with Crippen molar-refractivity contribution in [3.8, 4) is 0 Å². The van der Waals surface area contributed by atoms with Gasteiger partial charge < -0.3 is 9.88 Å². The van der Waals surface area contributed by atoms with Gasteiger partial charge in [0.05, 0.1) is 0 Å². The molecule has 170 valence electrons. The highest BCUT2D eigenvalue weighted by Crippen LogP contribution is 2.32. The zero-order valence-corrected chi connectivity index (χ0v) is 20.0. The van der Waals surface area contributed by atoms with Crippen LogP contribution in [0.4, 0.5) is 5.69 Å². The van der Waals surface area contributed by atoms with Crippen molar-refractivity contribution in [3.05, 3.63) is 65.9 Å². The normalized spacial score (nSPS) is 15.9. The van der Waals surface area contributed by atoms with Gasteiger partial charge in [0.1, 0.15) is 0 Å². The van der Waals surface area contributed by atoms with Gasteiger partial charge in [-0.15, -0.1) is 0 Å². The van der Waals surface area contributed by atoms with E-state index in [-0.39, 0.29) is 17.4 Å². The summed E-state index contributed by atoms with van der Waals surface area (Å²) >= 11 is 0. The zero-order valence-electron chi connectivity index (χ0n) is 20.0. The summed E-state index contributed by atoms with van der Waals surface area (Å²) in [7, 11) is 0. The number of rotatable bonds is 7. The van der Waals surface area contributed by atoms with Gasteiger partial charge in [0.15, 0.2) is 0 Å². The smallest absolute Gasteiger partial charge is 0.226 e. The van der Waals surface area contributed by atoms with E-state index in [0.717, 1.165) is 50.1 Å². The SMILES string of the molecule is CCC(=O)N(c1ccc2[nH]c(C(C)(C)CC)cc2c1)C1CCN(Cc2ccccc2)CC1. The van der Waals surface area contributed by atoms with Crippen molar-refractivity contribution in [1.29, 1.82) is 0 Å². The van der Waals surface area contributed by atoms with Crippen molar-refractivity contribution in [2.75, 3.05) is 18.0 Å². The van der Waals surface area contributed by atoms with Crippen LogP contribution in [-0.4, -0.2) is 34.9 Å². The molecule has 0 unspecified atom stereocenters. The first-order valence-corrected chi connectivity index (χ1v) is 12.1. The number of aromatic nitrogens is 1. The van der Waals surface area contributed by atoms with Crippen LogP contribution in [0.15, 0.2) is 54.6 Å². The molecule has 0 atom stereocenters. The largest absolute Gasteiger partial charge is 0.358 e. The maximum atomic E-state index is 13.0. The Morgan fingerprint density at radius 3 is 2.44 bits per heavy atom. The number of nitrogens with zero attached hydrogens (tertiary/aromatic N) is 2. The van der Waals surface area contributed by atoms with E-state index in [2.05, 4.69) is 90.2 Å². The van der Waals surface area contributed by atoms with Crippen molar-refractivity contribution < 1.29 is 4.79 Å². The topological polar surface area (TPSA) is 39.3 Å². The number of H-pyrrole nitrogens is 1. The molecule has 1 saturated heterocycles. The summed E-state index contributed by atoms with van der Waals surface area (Å²) in [4.78, 5) is 21.2. The number of carbonyl (C=O) groups is 1. The first-order valence-electron chi connectivity index (χ1n) is 12.1. The van der Waals surface area contributed by atoms with Crippen LogP contribution < -0.4 is 4.90 Å². The molecular formula is C28H37N3O. The van der Waals surface area contributed by atoms with Crippen LogP contribution in [0, 0.1) is 0 Å². The molecular weight excluding hydrogens is 394 g/mol. The molecule has 4 rings (SSSR count). The Balaban J connectivity index is 1.52. The van der Waals surface area contributed by atoms with Crippen molar-refractivity contribution in [2.45, 2.75) is 71.4 Å². The highest BCUT2D eigenvalue weighted by Gasteiger charge is 2.29. The Morgan fingerprint density at radius 1 is 1.06 bits per heavy atom. The molecule has 4 nitrogen and oxygen atoms in total. The molecule has 1 aliphatic rings. The summed E-state index contributed by atoms with van der Waals surface area (Å²) < 4.78 is 0. The minimum atomic E-state index is 0.115. The van der Waals surface area contributed by atoms with Crippen molar-refractivity contribution in [3.63, 3.8) is 0 Å². The average molecular weight is 432 g/mol. The second-order valence-electron chi connectivity index (χ2n) is 9.80. The predicted octanol–water partition coefficient (Wildman–Crippen LogP) is 6.26. The number of anilines is 1. The first-order chi connectivity index (χ1) is 15.4. The number of carbonyl (C=O) groups excluding carboxylic acids is 1. The van der Waals surface area contributed by atoms with E-state index in [1.165, 1.54) is 16.6 Å². The first kappa shape index (κ1) is 22.6. The quantitative estimate of drug-likeness (QED) is 0.479. The summed E-state index contributed by atoms with van der Waals surface area (Å²) in [5.74, 6) is 0.218. The number of amides is 1. The molecule has 0 bridgehead atoms. The van der Waals surface area contributed by atoms with Crippen molar-refractivity contribution in [2.24, 2.45) is 0 Å². The van der Waals surface area contributed by atoms with E-state index in [0.29, 0.717) is 6.42 Å². The number of likely N-dealkylation sites (tertiary alicyclic amines) is 1. The number of fused-ring (bicyclic) bond motifs is 1. The van der Waals surface area contributed by atoms with Gasteiger partial charge in [0, 0.05) is 59.8 Å². The Labute approximate surface area is 192 Å². The zero-order chi connectivity index (χ0) is 22.7. The van der Waals surface area contributed by atoms with Gasteiger partial charge in [0.25, 0.3) is 0 Å². The molecule has 3 aromatic rings. The van der Waals surface area contributed by atoms with Crippen LogP contribution in [0.2, 0.25) is 0 Å². The molecule has 1 fully saturated rings. The molecule has 2 heterocycles. The van der Waals surface area contributed by atoms with E-state index < -0.39 is 0 Å². The molecule has 1 amide bonds. The Morgan fingerprint density at radius 2 is 1.78 bits per heavy atom. The molecule has 2 aromatic carbocycles. The van der Waals surface area contributed by atoms with E-state index in [1.54, 1.807) is 0 Å². The van der Waals surface area contributed by atoms with Crippen LogP contribution in [0.1, 0.15) is 64.6 Å². The number of hydrogen-bond donors (Lipinski definition) is 1. The van der Waals surface area contributed by atoms with Gasteiger partial charge in [0.2, 0.25) is 5.91 Å². The lowest BCUT2D eigenvalue weighted by Crippen LogP contribution is -2.47. The maximum absolute atomic E-state index is 13.0. The van der Waals surface area contributed by atoms with Crippen LogP contribution in [-0.2, 0) is 16.8 Å². The Kier molecular flexibility index (Phi) is 6.71. The van der Waals surface area contributed by atoms with Gasteiger partial charge in [-0.25, -0.2) is 0 Å². The van der Waals surface area contributed by atoms with E-state index in [9.17, 15) is 4.79 Å². The van der Waals surface area contributed by atoms with Crippen LogP contribution in [0.3, 0.4) is 0 Å². The second kappa shape index (κ2) is 9.50. The predicted molar refractivity (Wildman–Crippen MR) is 134 cm³/mol. The lowest BCUT2D eigenvalue weighted by atomic mass is 9.86. The molecule has 0 saturated carbocycles. The third kappa shape index (κ3) is 4.75. The Bertz CT molecular complexity index is 1040. The van der Waals surface area contributed by atoms with Crippen LogP contribution >= 0.6 is 0 Å². The van der Waals surface area contributed by atoms with E-state index >= 15 is 0 Å². The summed E-state index contributed by atoms with van der Waals surface area (Å²) in [5, 5.41) is 1.19. The fraction of sp³-hybridized carbons (Fsp3) is 0.464. The Hall–Kier alpha value is -2.59. The van der Waals surface area contributed by atoms with Gasteiger partial charge in [-0.05, 0) is 49.1 Å². The molecule has 1 N–H and O–H groups in total. The van der Waals surface area contributed by atoms with Gasteiger partial charge >= 0.3 is 0 Å². The fourth-order valence-corrected chi connectivity index (χ4v) is 4.73. The fourth-order valence-electron chi connectivity index (χ4n) is 4.73. The minimum Gasteiger partial charge on any atom is -0.358 e.